The van der Waals surface area contributed by atoms with Crippen LogP contribution in [-0.4, -0.2) is 0 Å². The number of rotatable bonds is 8. The minimum absolute atomic E-state index is 0.292. The van der Waals surface area contributed by atoms with Gasteiger partial charge in [-0.3, -0.25) is 0 Å². The standard InChI is InChI=1S/C66H53N/c1-3-16-48(17-4-1)65(60-26-11-7-22-56(60)57-23-8-12-27-61(57)65)50-30-34-53(35-31-50)67(55-21-15-20-52(41-55)64-42-45-38-46(43-64)40-47(39-45)44-64)54-36-32-51(33-37-54)66(49-18-5-2-6-19-49)62-28-13-9-24-58(62)59-25-10-14-29-63(59)66/h1-37,41,45-47H,38-40,42-44H2. The molecule has 4 fully saturated rings. The fourth-order valence-corrected chi connectivity index (χ4v) is 15.0. The molecule has 0 heterocycles. The van der Waals surface area contributed by atoms with Crippen molar-refractivity contribution in [3.05, 3.63) is 281 Å². The second kappa shape index (κ2) is 14.9. The van der Waals surface area contributed by atoms with Crippen LogP contribution in [-0.2, 0) is 16.2 Å². The van der Waals surface area contributed by atoms with Crippen LogP contribution in [0.1, 0.15) is 88.6 Å². The van der Waals surface area contributed by atoms with E-state index in [1.165, 1.54) is 111 Å². The van der Waals surface area contributed by atoms with Gasteiger partial charge in [0.15, 0.2) is 0 Å². The molecule has 0 unspecified atom stereocenters. The van der Waals surface area contributed by atoms with Gasteiger partial charge >= 0.3 is 0 Å². The van der Waals surface area contributed by atoms with Crippen LogP contribution in [0, 0.1) is 17.8 Å². The number of hydrogen-bond donors (Lipinski definition) is 0. The molecule has 0 atom stereocenters. The molecular formula is C66H53N. The number of benzene rings is 9. The predicted molar refractivity (Wildman–Crippen MR) is 276 cm³/mol. The Labute approximate surface area is 395 Å². The lowest BCUT2D eigenvalue weighted by atomic mass is 9.48. The molecule has 9 aromatic rings. The summed E-state index contributed by atoms with van der Waals surface area (Å²) in [6.07, 6.45) is 8.39. The van der Waals surface area contributed by atoms with Crippen molar-refractivity contribution >= 4 is 17.1 Å². The maximum Gasteiger partial charge on any atom is 0.0713 e. The summed E-state index contributed by atoms with van der Waals surface area (Å²) in [7, 11) is 0. The molecule has 1 nitrogen and oxygen atoms in total. The lowest BCUT2D eigenvalue weighted by molar-refractivity contribution is -0.00516. The molecular weight excluding hydrogens is 807 g/mol. The normalized spacial score (nSPS) is 21.8. The minimum Gasteiger partial charge on any atom is -0.310 e. The van der Waals surface area contributed by atoms with Gasteiger partial charge in [0.25, 0.3) is 0 Å². The molecule has 322 valence electrons. The Morgan fingerprint density at radius 2 is 0.612 bits per heavy atom. The monoisotopic (exact) mass is 859 g/mol. The third kappa shape index (κ3) is 5.61. The predicted octanol–water partition coefficient (Wildman–Crippen LogP) is 16.4. The first-order valence-corrected chi connectivity index (χ1v) is 24.8. The Bertz CT molecular complexity index is 3020. The van der Waals surface area contributed by atoms with Gasteiger partial charge in [-0.2, -0.15) is 0 Å². The van der Waals surface area contributed by atoms with E-state index >= 15 is 0 Å². The van der Waals surface area contributed by atoms with Crippen LogP contribution < -0.4 is 4.90 Å². The molecule has 9 aromatic carbocycles. The third-order valence-electron chi connectivity index (χ3n) is 17.2. The number of anilines is 3. The van der Waals surface area contributed by atoms with Crippen molar-refractivity contribution in [1.29, 1.82) is 0 Å². The zero-order chi connectivity index (χ0) is 44.2. The summed E-state index contributed by atoms with van der Waals surface area (Å²) in [5.74, 6) is 2.66. The molecule has 0 N–H and O–H groups in total. The van der Waals surface area contributed by atoms with E-state index < -0.39 is 10.8 Å². The van der Waals surface area contributed by atoms with Crippen LogP contribution in [0.25, 0.3) is 22.3 Å². The van der Waals surface area contributed by atoms with E-state index in [1.54, 1.807) is 5.56 Å². The largest absolute Gasteiger partial charge is 0.310 e. The van der Waals surface area contributed by atoms with E-state index in [0.29, 0.717) is 5.41 Å². The highest BCUT2D eigenvalue weighted by molar-refractivity contribution is 5.88. The fraction of sp³-hybridized carbons (Fsp3) is 0.182. The zero-order valence-corrected chi connectivity index (χ0v) is 37.9. The zero-order valence-electron chi connectivity index (χ0n) is 37.9. The summed E-state index contributed by atoms with van der Waals surface area (Å²) in [5.41, 5.74) is 20.3. The van der Waals surface area contributed by atoms with E-state index in [0.717, 1.165) is 29.1 Å². The van der Waals surface area contributed by atoms with Crippen molar-refractivity contribution < 1.29 is 0 Å². The van der Waals surface area contributed by atoms with Gasteiger partial charge in [-0.25, -0.2) is 0 Å². The quantitative estimate of drug-likeness (QED) is 0.147. The van der Waals surface area contributed by atoms with Crippen molar-refractivity contribution in [1.82, 2.24) is 0 Å². The lowest BCUT2D eigenvalue weighted by Gasteiger charge is -2.57. The second-order valence-corrected chi connectivity index (χ2v) is 20.6. The molecule has 0 saturated heterocycles. The highest BCUT2D eigenvalue weighted by Gasteiger charge is 2.52. The molecule has 6 aliphatic carbocycles. The van der Waals surface area contributed by atoms with Crippen LogP contribution in [0.4, 0.5) is 17.1 Å². The Morgan fingerprint density at radius 3 is 1.00 bits per heavy atom. The lowest BCUT2D eigenvalue weighted by Crippen LogP contribution is -2.48. The molecule has 0 spiro atoms. The Balaban J connectivity index is 0.942. The molecule has 15 rings (SSSR count). The van der Waals surface area contributed by atoms with Gasteiger partial charge in [-0.15, -0.1) is 0 Å². The fourth-order valence-electron chi connectivity index (χ4n) is 15.0. The first-order valence-electron chi connectivity index (χ1n) is 24.8. The van der Waals surface area contributed by atoms with Crippen LogP contribution in [0.15, 0.2) is 231 Å². The van der Waals surface area contributed by atoms with Gasteiger partial charge in [0.2, 0.25) is 0 Å². The molecule has 0 radical (unpaired) electrons. The molecule has 4 bridgehead atoms. The van der Waals surface area contributed by atoms with Gasteiger partial charge in [-0.05, 0) is 170 Å². The summed E-state index contributed by atoms with van der Waals surface area (Å²) in [4.78, 5) is 2.54. The minimum atomic E-state index is -0.447. The summed E-state index contributed by atoms with van der Waals surface area (Å²) in [5, 5.41) is 0. The van der Waals surface area contributed by atoms with Crippen molar-refractivity contribution in [2.24, 2.45) is 17.8 Å². The van der Waals surface area contributed by atoms with Gasteiger partial charge in [0.1, 0.15) is 0 Å². The number of fused-ring (bicyclic) bond motifs is 6. The Morgan fingerprint density at radius 1 is 0.284 bits per heavy atom. The van der Waals surface area contributed by atoms with Gasteiger partial charge in [0.05, 0.1) is 10.8 Å². The van der Waals surface area contributed by atoms with Gasteiger partial charge in [-0.1, -0.05) is 194 Å². The molecule has 1 heteroatoms. The molecule has 4 saturated carbocycles. The average Bonchev–Trinajstić information content (AvgIpc) is 3.86. The first-order chi connectivity index (χ1) is 33.1. The van der Waals surface area contributed by atoms with E-state index in [4.69, 9.17) is 0 Å². The van der Waals surface area contributed by atoms with Crippen molar-refractivity contribution in [3.63, 3.8) is 0 Å². The van der Waals surface area contributed by atoms with Crippen LogP contribution in [0.3, 0.4) is 0 Å². The maximum atomic E-state index is 2.58. The smallest absolute Gasteiger partial charge is 0.0713 e. The molecule has 6 aliphatic rings. The van der Waals surface area contributed by atoms with Crippen LogP contribution in [0.5, 0.6) is 0 Å². The summed E-state index contributed by atoms with van der Waals surface area (Å²) in [6.45, 7) is 0. The molecule has 0 aliphatic heterocycles. The molecule has 0 amide bonds. The van der Waals surface area contributed by atoms with Crippen LogP contribution in [0.2, 0.25) is 0 Å². The molecule has 0 aromatic heterocycles. The second-order valence-electron chi connectivity index (χ2n) is 20.6. The topological polar surface area (TPSA) is 3.24 Å². The van der Waals surface area contributed by atoms with Crippen molar-refractivity contribution in [2.75, 3.05) is 4.90 Å². The van der Waals surface area contributed by atoms with Gasteiger partial charge in [0, 0.05) is 17.1 Å². The van der Waals surface area contributed by atoms with E-state index in [-0.39, 0.29) is 0 Å². The summed E-state index contributed by atoms with van der Waals surface area (Å²) >= 11 is 0. The van der Waals surface area contributed by atoms with Crippen molar-refractivity contribution in [3.8, 4) is 22.3 Å². The van der Waals surface area contributed by atoms with Crippen LogP contribution >= 0.6 is 0 Å². The average molecular weight is 860 g/mol. The Kier molecular flexibility index (Phi) is 8.67. The third-order valence-corrected chi connectivity index (χ3v) is 17.2. The number of hydrogen-bond acceptors (Lipinski definition) is 1. The maximum absolute atomic E-state index is 2.58. The SMILES string of the molecule is c1ccc(C2(c3ccc(N(c4ccc(C5(c6ccccc6)c6ccccc6-c6ccccc65)cc4)c4cccc(C56CC7CC(CC(C7)C5)C6)c4)cc3)c3ccccc3-c3ccccc32)cc1. The van der Waals surface area contributed by atoms with Crippen molar-refractivity contribution in [2.45, 2.75) is 54.8 Å². The van der Waals surface area contributed by atoms with E-state index in [9.17, 15) is 0 Å². The van der Waals surface area contributed by atoms with E-state index in [1.807, 2.05) is 0 Å². The Hall–Kier alpha value is -7.22. The number of nitrogens with zero attached hydrogens (tertiary/aromatic N) is 1. The molecule has 67 heavy (non-hydrogen) atoms. The highest BCUT2D eigenvalue weighted by atomic mass is 15.1. The summed E-state index contributed by atoms with van der Waals surface area (Å²) < 4.78 is 0. The first kappa shape index (κ1) is 39.0. The van der Waals surface area contributed by atoms with E-state index in [2.05, 4.69) is 235 Å². The highest BCUT2D eigenvalue weighted by Crippen LogP contribution is 2.62. The van der Waals surface area contributed by atoms with Gasteiger partial charge < -0.3 is 4.90 Å². The summed E-state index contributed by atoms with van der Waals surface area (Å²) in [6, 6.07) is 87.6.